The molecule has 2 heterocycles. The lowest BCUT2D eigenvalue weighted by Gasteiger charge is -2.41. The molecule has 3 rings (SSSR count). The van der Waals surface area contributed by atoms with Crippen LogP contribution < -0.4 is 10.2 Å². The number of aryl methyl sites for hydroxylation is 1. The van der Waals surface area contributed by atoms with Gasteiger partial charge in [0.2, 0.25) is 11.8 Å². The molecular weight excluding hydrogens is 345 g/mol. The maximum absolute atomic E-state index is 14.2. The number of hydrogen-bond acceptors (Lipinski definition) is 3. The van der Waals surface area contributed by atoms with Gasteiger partial charge in [0.05, 0.1) is 11.6 Å². The topological polar surface area (TPSA) is 52.7 Å². The third-order valence-electron chi connectivity index (χ3n) is 5.80. The second kappa shape index (κ2) is 7.97. The van der Waals surface area contributed by atoms with Gasteiger partial charge in [0.15, 0.2) is 0 Å². The van der Waals surface area contributed by atoms with E-state index in [2.05, 4.69) is 24.1 Å². The molecule has 2 aliphatic heterocycles. The maximum Gasteiger partial charge on any atom is 0.227 e. The van der Waals surface area contributed by atoms with Crippen molar-refractivity contribution in [1.29, 1.82) is 0 Å². The fraction of sp³-hybridized carbons (Fsp3) is 0.619. The van der Waals surface area contributed by atoms with Crippen molar-refractivity contribution in [2.45, 2.75) is 52.0 Å². The fourth-order valence-corrected chi connectivity index (χ4v) is 4.01. The zero-order valence-corrected chi connectivity index (χ0v) is 16.6. The highest BCUT2D eigenvalue weighted by atomic mass is 19.1. The molecule has 2 amide bonds. The van der Waals surface area contributed by atoms with Crippen LogP contribution in [0.4, 0.5) is 10.1 Å². The average Bonchev–Trinajstić information content (AvgIpc) is 3.02. The Kier molecular flexibility index (Phi) is 5.84. The van der Waals surface area contributed by atoms with Crippen LogP contribution in [0.1, 0.15) is 45.1 Å². The highest BCUT2D eigenvalue weighted by molar-refractivity contribution is 6.00. The molecule has 0 spiro atoms. The number of benzene rings is 1. The average molecular weight is 375 g/mol. The maximum atomic E-state index is 14.2. The number of nitrogens with one attached hydrogen (secondary N) is 1. The van der Waals surface area contributed by atoms with Crippen LogP contribution in [0.2, 0.25) is 0 Å². The van der Waals surface area contributed by atoms with Gasteiger partial charge in [-0.05, 0) is 64.4 Å². The Morgan fingerprint density at radius 3 is 2.63 bits per heavy atom. The number of carbonyl (C=O) groups is 2. The van der Waals surface area contributed by atoms with Crippen molar-refractivity contribution < 1.29 is 14.0 Å². The Balaban J connectivity index is 1.59. The van der Waals surface area contributed by atoms with Crippen molar-refractivity contribution in [2.24, 2.45) is 5.92 Å². The first-order valence-electron chi connectivity index (χ1n) is 9.87. The Hall–Kier alpha value is -1.95. The van der Waals surface area contributed by atoms with Crippen molar-refractivity contribution >= 4 is 17.5 Å². The molecule has 1 N–H and O–H groups in total. The lowest BCUT2D eigenvalue weighted by Crippen LogP contribution is -2.54. The van der Waals surface area contributed by atoms with Gasteiger partial charge < -0.3 is 10.2 Å². The molecule has 5 nitrogen and oxygen atoms in total. The van der Waals surface area contributed by atoms with Crippen molar-refractivity contribution in [3.63, 3.8) is 0 Å². The Morgan fingerprint density at radius 2 is 1.96 bits per heavy atom. The summed E-state index contributed by atoms with van der Waals surface area (Å²) in [5, 5.41) is 3.03. The van der Waals surface area contributed by atoms with E-state index in [1.54, 1.807) is 19.1 Å². The van der Waals surface area contributed by atoms with E-state index < -0.39 is 11.7 Å². The van der Waals surface area contributed by atoms with Crippen LogP contribution in [0.5, 0.6) is 0 Å². The van der Waals surface area contributed by atoms with Gasteiger partial charge in [0.1, 0.15) is 5.82 Å². The molecule has 2 aliphatic rings. The van der Waals surface area contributed by atoms with Crippen molar-refractivity contribution in [2.75, 3.05) is 31.1 Å². The highest BCUT2D eigenvalue weighted by Gasteiger charge is 2.37. The number of nitrogens with zero attached hydrogens (tertiary/aromatic N) is 2. The minimum absolute atomic E-state index is 0.110. The van der Waals surface area contributed by atoms with Gasteiger partial charge in [-0.2, -0.15) is 0 Å². The molecule has 6 heteroatoms. The summed E-state index contributed by atoms with van der Waals surface area (Å²) in [6.07, 6.45) is 3.80. The third-order valence-corrected chi connectivity index (χ3v) is 5.80. The number of amides is 2. The Labute approximate surface area is 160 Å². The lowest BCUT2D eigenvalue weighted by molar-refractivity contribution is -0.126. The van der Waals surface area contributed by atoms with E-state index >= 15 is 0 Å². The minimum Gasteiger partial charge on any atom is -0.354 e. The second-order valence-corrected chi connectivity index (χ2v) is 8.44. The van der Waals surface area contributed by atoms with Crippen molar-refractivity contribution in [3.05, 3.63) is 29.6 Å². The molecule has 27 heavy (non-hydrogen) atoms. The summed E-state index contributed by atoms with van der Waals surface area (Å²) in [7, 11) is 0. The van der Waals surface area contributed by atoms with Crippen LogP contribution >= 0.6 is 0 Å². The van der Waals surface area contributed by atoms with Crippen molar-refractivity contribution in [1.82, 2.24) is 10.2 Å². The molecule has 0 aliphatic carbocycles. The quantitative estimate of drug-likeness (QED) is 0.861. The summed E-state index contributed by atoms with van der Waals surface area (Å²) in [6, 6.07) is 4.81. The number of hydrogen-bond donors (Lipinski definition) is 1. The molecule has 1 aromatic rings. The second-order valence-electron chi connectivity index (χ2n) is 8.44. The van der Waals surface area contributed by atoms with E-state index in [4.69, 9.17) is 0 Å². The molecule has 1 atom stereocenters. The third kappa shape index (κ3) is 4.49. The summed E-state index contributed by atoms with van der Waals surface area (Å²) in [5.41, 5.74) is 0.952. The van der Waals surface area contributed by atoms with Gasteiger partial charge in [-0.15, -0.1) is 0 Å². The van der Waals surface area contributed by atoms with Gasteiger partial charge in [-0.25, -0.2) is 4.39 Å². The normalized spacial score (nSPS) is 21.6. The smallest absolute Gasteiger partial charge is 0.227 e. The van der Waals surface area contributed by atoms with Gasteiger partial charge >= 0.3 is 0 Å². The van der Waals surface area contributed by atoms with Crippen LogP contribution in [-0.4, -0.2) is 48.4 Å². The van der Waals surface area contributed by atoms with Crippen LogP contribution in [-0.2, 0) is 9.59 Å². The number of carbonyl (C=O) groups excluding carboxylic acids is 2. The fourth-order valence-electron chi connectivity index (χ4n) is 4.01. The number of anilines is 1. The summed E-state index contributed by atoms with van der Waals surface area (Å²) in [6.45, 7) is 9.00. The zero-order chi connectivity index (χ0) is 19.6. The first-order chi connectivity index (χ1) is 12.8. The summed E-state index contributed by atoms with van der Waals surface area (Å²) < 4.78 is 14.2. The molecule has 2 fully saturated rings. The van der Waals surface area contributed by atoms with Crippen molar-refractivity contribution in [3.8, 4) is 0 Å². The molecule has 0 aromatic heterocycles. The van der Waals surface area contributed by atoms with E-state index in [1.807, 2.05) is 0 Å². The monoisotopic (exact) mass is 375 g/mol. The van der Waals surface area contributed by atoms with E-state index in [1.165, 1.54) is 30.2 Å². The van der Waals surface area contributed by atoms with E-state index in [0.29, 0.717) is 6.54 Å². The molecule has 1 aromatic carbocycles. The molecule has 1 unspecified atom stereocenters. The van der Waals surface area contributed by atoms with E-state index in [-0.39, 0.29) is 36.0 Å². The predicted molar refractivity (Wildman–Crippen MR) is 104 cm³/mol. The molecule has 148 valence electrons. The lowest BCUT2D eigenvalue weighted by atomic mass is 9.98. The van der Waals surface area contributed by atoms with Gasteiger partial charge in [0.25, 0.3) is 0 Å². The number of rotatable bonds is 5. The SMILES string of the molecule is Cc1ccc(N2CC(C(=O)NCC(C)(C)N3CCCCC3)CC2=O)c(F)c1. The molecule has 0 bridgehead atoms. The van der Waals surface area contributed by atoms with Crippen LogP contribution in [0, 0.1) is 18.7 Å². The Morgan fingerprint density at radius 1 is 1.26 bits per heavy atom. The van der Waals surface area contributed by atoms with Crippen LogP contribution in [0.3, 0.4) is 0 Å². The zero-order valence-electron chi connectivity index (χ0n) is 16.6. The van der Waals surface area contributed by atoms with Gasteiger partial charge in [-0.3, -0.25) is 14.5 Å². The van der Waals surface area contributed by atoms with Crippen LogP contribution in [0.15, 0.2) is 18.2 Å². The highest BCUT2D eigenvalue weighted by Crippen LogP contribution is 2.28. The van der Waals surface area contributed by atoms with Crippen LogP contribution in [0.25, 0.3) is 0 Å². The first kappa shape index (κ1) is 19.8. The first-order valence-corrected chi connectivity index (χ1v) is 9.87. The summed E-state index contributed by atoms with van der Waals surface area (Å²) in [5.74, 6) is -1.18. The number of likely N-dealkylation sites (tertiary alicyclic amines) is 1. The van der Waals surface area contributed by atoms with Gasteiger partial charge in [-0.1, -0.05) is 12.5 Å². The molecule has 2 saturated heterocycles. The summed E-state index contributed by atoms with van der Waals surface area (Å²) in [4.78, 5) is 28.8. The summed E-state index contributed by atoms with van der Waals surface area (Å²) >= 11 is 0. The predicted octanol–water partition coefficient (Wildman–Crippen LogP) is 2.87. The molecular formula is C21H30FN3O2. The minimum atomic E-state index is -0.435. The number of piperidine rings is 1. The molecule has 0 saturated carbocycles. The van der Waals surface area contributed by atoms with E-state index in [0.717, 1.165) is 18.7 Å². The Bertz CT molecular complexity index is 713. The van der Waals surface area contributed by atoms with E-state index in [9.17, 15) is 14.0 Å². The van der Waals surface area contributed by atoms with Gasteiger partial charge in [0, 0.05) is 25.0 Å². The molecule has 0 radical (unpaired) electrons. The largest absolute Gasteiger partial charge is 0.354 e. The number of halogens is 1. The standard InChI is InChI=1S/C21H30FN3O2/c1-15-7-8-18(17(22)11-15)25-13-16(12-19(25)26)20(27)23-14-21(2,3)24-9-5-4-6-10-24/h7-8,11,16H,4-6,9-10,12-14H2,1-3H3,(H,23,27).